The van der Waals surface area contributed by atoms with Gasteiger partial charge in [0.1, 0.15) is 0 Å². The Morgan fingerprint density at radius 1 is 1.22 bits per heavy atom. The van der Waals surface area contributed by atoms with Crippen LogP contribution in [-0.4, -0.2) is 25.5 Å². The minimum absolute atomic E-state index is 0. The van der Waals surface area contributed by atoms with Crippen molar-refractivity contribution in [2.75, 3.05) is 13.6 Å². The summed E-state index contributed by atoms with van der Waals surface area (Å²) in [6, 6.07) is 10.4. The Morgan fingerprint density at radius 2 is 1.83 bits per heavy atom. The molecule has 2 unspecified atom stereocenters. The number of halogens is 1. The molecule has 1 rings (SSSR count). The molecule has 0 aliphatic carbocycles. The van der Waals surface area contributed by atoms with Gasteiger partial charge in [-0.2, -0.15) is 0 Å². The number of amides is 1. The Hall–Kier alpha value is -1.06. The zero-order chi connectivity index (χ0) is 12.7. The summed E-state index contributed by atoms with van der Waals surface area (Å²) in [7, 11) is 1.89. The molecule has 0 aliphatic rings. The predicted molar refractivity (Wildman–Crippen MR) is 78.3 cm³/mol. The van der Waals surface area contributed by atoms with Crippen molar-refractivity contribution in [3.8, 4) is 0 Å². The summed E-state index contributed by atoms with van der Waals surface area (Å²) in [5, 5.41) is 6.02. The van der Waals surface area contributed by atoms with Crippen molar-refractivity contribution in [2.24, 2.45) is 0 Å². The van der Waals surface area contributed by atoms with Crippen LogP contribution in [0.4, 0.5) is 0 Å². The van der Waals surface area contributed by atoms with Gasteiger partial charge in [-0.1, -0.05) is 37.3 Å². The number of likely N-dealkylation sites (N-methyl/N-ethyl adjacent to an activating group) is 1. The lowest BCUT2D eigenvalue weighted by atomic mass is 9.97. The maximum atomic E-state index is 11.7. The molecule has 3 nitrogen and oxygen atoms in total. The van der Waals surface area contributed by atoms with Crippen LogP contribution in [0, 0.1) is 0 Å². The fraction of sp³-hybridized carbons (Fsp3) is 0.500. The van der Waals surface area contributed by atoms with Crippen molar-refractivity contribution in [2.45, 2.75) is 32.2 Å². The molecule has 2 atom stereocenters. The maximum Gasteiger partial charge on any atom is 0.220 e. The first-order valence-electron chi connectivity index (χ1n) is 6.12. The Balaban J connectivity index is 0.00000289. The van der Waals surface area contributed by atoms with E-state index in [1.807, 2.05) is 32.2 Å². The van der Waals surface area contributed by atoms with E-state index in [0.29, 0.717) is 19.0 Å². The van der Waals surface area contributed by atoms with Crippen molar-refractivity contribution < 1.29 is 4.79 Å². The largest absolute Gasteiger partial charge is 0.355 e. The van der Waals surface area contributed by atoms with Crippen molar-refractivity contribution >= 4 is 18.3 Å². The molecule has 102 valence electrons. The molecule has 0 bridgehead atoms. The lowest BCUT2D eigenvalue weighted by Gasteiger charge is -2.14. The molecule has 0 saturated heterocycles. The summed E-state index contributed by atoms with van der Waals surface area (Å²) < 4.78 is 0. The van der Waals surface area contributed by atoms with Crippen LogP contribution in [0.25, 0.3) is 0 Å². The molecule has 0 heterocycles. The van der Waals surface area contributed by atoms with Gasteiger partial charge in [0.05, 0.1) is 0 Å². The van der Waals surface area contributed by atoms with Gasteiger partial charge < -0.3 is 10.6 Å². The maximum absolute atomic E-state index is 11.7. The zero-order valence-electron chi connectivity index (χ0n) is 11.3. The molecule has 1 amide bonds. The predicted octanol–water partition coefficient (Wildman–Crippen LogP) is 2.33. The van der Waals surface area contributed by atoms with E-state index in [1.165, 1.54) is 5.56 Å². The van der Waals surface area contributed by atoms with Gasteiger partial charge in [-0.15, -0.1) is 12.4 Å². The van der Waals surface area contributed by atoms with Gasteiger partial charge >= 0.3 is 0 Å². The van der Waals surface area contributed by atoms with Crippen LogP contribution in [0.3, 0.4) is 0 Å². The second kappa shape index (κ2) is 8.95. The SMILES string of the molecule is CNC(C)CNC(=O)CC(C)c1ccccc1.Cl. The lowest BCUT2D eigenvalue weighted by molar-refractivity contribution is -0.121. The summed E-state index contributed by atoms with van der Waals surface area (Å²) in [5.74, 6) is 0.379. The lowest BCUT2D eigenvalue weighted by Crippen LogP contribution is -2.37. The van der Waals surface area contributed by atoms with E-state index in [4.69, 9.17) is 0 Å². The molecule has 0 radical (unpaired) electrons. The standard InChI is InChI=1S/C14H22N2O.ClH/c1-11(13-7-5-4-6-8-13)9-14(17)16-10-12(2)15-3;/h4-8,11-12,15H,9-10H2,1-3H3,(H,16,17);1H. The highest BCUT2D eigenvalue weighted by molar-refractivity contribution is 5.85. The molecular weight excluding hydrogens is 248 g/mol. The van der Waals surface area contributed by atoms with Gasteiger partial charge in [-0.25, -0.2) is 0 Å². The summed E-state index contributed by atoms with van der Waals surface area (Å²) in [4.78, 5) is 11.7. The van der Waals surface area contributed by atoms with E-state index in [1.54, 1.807) is 0 Å². The van der Waals surface area contributed by atoms with E-state index in [2.05, 4.69) is 29.7 Å². The first kappa shape index (κ1) is 16.9. The minimum Gasteiger partial charge on any atom is -0.355 e. The van der Waals surface area contributed by atoms with Crippen molar-refractivity contribution in [3.05, 3.63) is 35.9 Å². The molecule has 0 aliphatic heterocycles. The second-order valence-corrected chi connectivity index (χ2v) is 4.51. The van der Waals surface area contributed by atoms with Crippen LogP contribution in [-0.2, 0) is 4.79 Å². The third-order valence-corrected chi connectivity index (χ3v) is 2.96. The number of carbonyl (C=O) groups is 1. The quantitative estimate of drug-likeness (QED) is 0.833. The number of nitrogens with one attached hydrogen (secondary N) is 2. The topological polar surface area (TPSA) is 41.1 Å². The van der Waals surface area contributed by atoms with Crippen molar-refractivity contribution in [1.29, 1.82) is 0 Å². The van der Waals surface area contributed by atoms with E-state index in [0.717, 1.165) is 0 Å². The summed E-state index contributed by atoms with van der Waals surface area (Å²) in [6.45, 7) is 4.80. The second-order valence-electron chi connectivity index (χ2n) is 4.51. The van der Waals surface area contributed by atoms with Crippen molar-refractivity contribution in [1.82, 2.24) is 10.6 Å². The molecule has 0 fully saturated rings. The van der Waals surface area contributed by atoms with Crippen molar-refractivity contribution in [3.63, 3.8) is 0 Å². The first-order valence-corrected chi connectivity index (χ1v) is 6.12. The smallest absolute Gasteiger partial charge is 0.220 e. The minimum atomic E-state index is 0. The number of benzene rings is 1. The number of rotatable bonds is 6. The molecule has 2 N–H and O–H groups in total. The van der Waals surface area contributed by atoms with Gasteiger partial charge in [-0.05, 0) is 25.5 Å². The normalized spacial score (nSPS) is 13.3. The number of carbonyl (C=O) groups excluding carboxylic acids is 1. The summed E-state index contributed by atoms with van der Waals surface area (Å²) in [6.07, 6.45) is 0.542. The number of hydrogen-bond acceptors (Lipinski definition) is 2. The molecular formula is C14H23ClN2O. The van der Waals surface area contributed by atoms with Crippen LogP contribution in [0.15, 0.2) is 30.3 Å². The molecule has 1 aromatic rings. The fourth-order valence-corrected chi connectivity index (χ4v) is 1.62. The molecule has 4 heteroatoms. The Kier molecular flexibility index (Phi) is 8.42. The average molecular weight is 271 g/mol. The molecule has 0 saturated carbocycles. The highest BCUT2D eigenvalue weighted by Gasteiger charge is 2.11. The highest BCUT2D eigenvalue weighted by atomic mass is 35.5. The molecule has 18 heavy (non-hydrogen) atoms. The van der Waals surface area contributed by atoms with Crippen LogP contribution in [0.1, 0.15) is 31.7 Å². The zero-order valence-corrected chi connectivity index (χ0v) is 12.1. The van der Waals surface area contributed by atoms with Gasteiger partial charge in [0, 0.05) is 19.0 Å². The molecule has 0 spiro atoms. The van der Waals surface area contributed by atoms with Crippen LogP contribution in [0.2, 0.25) is 0 Å². The average Bonchev–Trinajstić information content (AvgIpc) is 2.36. The Labute approximate surface area is 116 Å². The van der Waals surface area contributed by atoms with Crippen LogP contribution >= 0.6 is 12.4 Å². The van der Waals surface area contributed by atoms with E-state index in [-0.39, 0.29) is 24.2 Å². The van der Waals surface area contributed by atoms with Gasteiger partial charge in [0.15, 0.2) is 0 Å². The van der Waals surface area contributed by atoms with Crippen LogP contribution < -0.4 is 10.6 Å². The van der Waals surface area contributed by atoms with E-state index in [9.17, 15) is 4.79 Å². The third kappa shape index (κ3) is 6.03. The third-order valence-electron chi connectivity index (χ3n) is 2.96. The number of hydrogen-bond donors (Lipinski definition) is 2. The van der Waals surface area contributed by atoms with Gasteiger partial charge in [0.2, 0.25) is 5.91 Å². The first-order chi connectivity index (χ1) is 8.13. The van der Waals surface area contributed by atoms with Crippen LogP contribution in [0.5, 0.6) is 0 Å². The Bertz CT molecular complexity index is 343. The summed E-state index contributed by atoms with van der Waals surface area (Å²) in [5.41, 5.74) is 1.21. The molecule has 1 aromatic carbocycles. The monoisotopic (exact) mass is 270 g/mol. The molecule has 0 aromatic heterocycles. The summed E-state index contributed by atoms with van der Waals surface area (Å²) >= 11 is 0. The Morgan fingerprint density at radius 3 is 2.39 bits per heavy atom. The fourth-order valence-electron chi connectivity index (χ4n) is 1.62. The van der Waals surface area contributed by atoms with E-state index < -0.39 is 0 Å². The van der Waals surface area contributed by atoms with Gasteiger partial charge in [-0.3, -0.25) is 4.79 Å². The van der Waals surface area contributed by atoms with Gasteiger partial charge in [0.25, 0.3) is 0 Å². The van der Waals surface area contributed by atoms with E-state index >= 15 is 0 Å². The highest BCUT2D eigenvalue weighted by Crippen LogP contribution is 2.17.